The number of aliphatic hydroxyl groups excluding tert-OH is 1. The highest BCUT2D eigenvalue weighted by Crippen LogP contribution is 2.15. The van der Waals surface area contributed by atoms with Crippen molar-refractivity contribution in [2.75, 3.05) is 6.54 Å². The largest absolute Gasteiger partial charge is 0.386 e. The summed E-state index contributed by atoms with van der Waals surface area (Å²) in [5.41, 5.74) is 1.65. The van der Waals surface area contributed by atoms with E-state index in [-0.39, 0.29) is 12.5 Å². The number of rotatable bonds is 3. The second-order valence-corrected chi connectivity index (χ2v) is 3.27. The molecule has 1 rings (SSSR count). The third-order valence-corrected chi connectivity index (χ3v) is 2.20. The maximum atomic E-state index is 10.5. The molecule has 5 heteroatoms. The van der Waals surface area contributed by atoms with Crippen LogP contribution in [0.5, 0.6) is 0 Å². The molecule has 0 bridgehead atoms. The fraction of sp³-hybridized carbons (Fsp3) is 0.429. The Morgan fingerprint density at radius 1 is 1.92 bits per heavy atom. The third kappa shape index (κ3) is 2.60. The molecule has 1 aromatic rings. The van der Waals surface area contributed by atoms with Crippen LogP contribution in [0.2, 0.25) is 0 Å². The summed E-state index contributed by atoms with van der Waals surface area (Å²) in [6.45, 7) is 1.66. The molecule has 1 unspecified atom stereocenters. The van der Waals surface area contributed by atoms with Crippen LogP contribution in [0.15, 0.2) is 11.7 Å². The molecule has 0 fully saturated rings. The summed E-state index contributed by atoms with van der Waals surface area (Å²) < 4.78 is 0. The normalized spacial score (nSPS) is 12.5. The third-order valence-electron chi connectivity index (χ3n) is 1.32. The molecule has 0 spiro atoms. The summed E-state index contributed by atoms with van der Waals surface area (Å²) in [6.07, 6.45) is 0.957. The number of nitrogens with zero attached hydrogens (tertiary/aromatic N) is 1. The molecule has 0 aromatic carbocycles. The fourth-order valence-corrected chi connectivity index (χ4v) is 1.34. The van der Waals surface area contributed by atoms with Crippen molar-refractivity contribution in [2.45, 2.75) is 13.0 Å². The van der Waals surface area contributed by atoms with Gasteiger partial charge < -0.3 is 10.4 Å². The monoisotopic (exact) mass is 186 g/mol. The first-order chi connectivity index (χ1) is 5.70. The molecule has 1 amide bonds. The van der Waals surface area contributed by atoms with Crippen molar-refractivity contribution in [3.63, 3.8) is 0 Å². The molecule has 1 aromatic heterocycles. The van der Waals surface area contributed by atoms with E-state index in [1.807, 2.05) is 0 Å². The van der Waals surface area contributed by atoms with Gasteiger partial charge in [0, 0.05) is 19.7 Å². The first kappa shape index (κ1) is 9.15. The molecule has 4 nitrogen and oxygen atoms in total. The summed E-state index contributed by atoms with van der Waals surface area (Å²) in [5.74, 6) is -0.140. The zero-order valence-electron chi connectivity index (χ0n) is 6.65. The Bertz CT molecular complexity index is 248. The van der Waals surface area contributed by atoms with Crippen LogP contribution >= 0.6 is 11.3 Å². The van der Waals surface area contributed by atoms with Gasteiger partial charge >= 0.3 is 0 Å². The zero-order valence-corrected chi connectivity index (χ0v) is 7.47. The van der Waals surface area contributed by atoms with Gasteiger partial charge in [0.1, 0.15) is 6.10 Å². The SMILES string of the molecule is CC(=O)NCC(O)c1cncs1. The lowest BCUT2D eigenvalue weighted by molar-refractivity contribution is -0.119. The first-order valence-corrected chi connectivity index (χ1v) is 4.39. The van der Waals surface area contributed by atoms with E-state index in [0.29, 0.717) is 0 Å². The van der Waals surface area contributed by atoms with Gasteiger partial charge in [-0.05, 0) is 0 Å². The lowest BCUT2D eigenvalue weighted by Crippen LogP contribution is -2.25. The van der Waals surface area contributed by atoms with Gasteiger partial charge in [0.15, 0.2) is 0 Å². The smallest absolute Gasteiger partial charge is 0.216 e. The van der Waals surface area contributed by atoms with Crippen LogP contribution in [0.4, 0.5) is 0 Å². The predicted molar refractivity (Wildman–Crippen MR) is 45.8 cm³/mol. The average Bonchev–Trinajstić information content (AvgIpc) is 2.51. The second kappa shape index (κ2) is 4.18. The van der Waals surface area contributed by atoms with E-state index in [4.69, 9.17) is 0 Å². The van der Waals surface area contributed by atoms with Crippen LogP contribution < -0.4 is 5.32 Å². The van der Waals surface area contributed by atoms with Gasteiger partial charge in [-0.15, -0.1) is 11.3 Å². The predicted octanol–water partition coefficient (Wildman–Crippen LogP) is 0.313. The van der Waals surface area contributed by atoms with E-state index >= 15 is 0 Å². The van der Waals surface area contributed by atoms with Gasteiger partial charge in [0.2, 0.25) is 5.91 Å². The number of carbonyl (C=O) groups excluding carboxylic acids is 1. The summed E-state index contributed by atoms with van der Waals surface area (Å²) in [5, 5.41) is 11.9. The molecule has 0 aliphatic carbocycles. The minimum Gasteiger partial charge on any atom is -0.386 e. The van der Waals surface area contributed by atoms with E-state index in [1.165, 1.54) is 18.3 Å². The Labute approximate surface area is 74.3 Å². The average molecular weight is 186 g/mol. The summed E-state index contributed by atoms with van der Waals surface area (Å²) in [4.78, 5) is 15.1. The molecule has 0 aliphatic rings. The van der Waals surface area contributed by atoms with Crippen LogP contribution in [0.3, 0.4) is 0 Å². The number of hydrogen-bond acceptors (Lipinski definition) is 4. The summed E-state index contributed by atoms with van der Waals surface area (Å²) in [7, 11) is 0. The number of nitrogens with one attached hydrogen (secondary N) is 1. The first-order valence-electron chi connectivity index (χ1n) is 3.51. The van der Waals surface area contributed by atoms with Gasteiger partial charge in [0.05, 0.1) is 10.4 Å². The highest BCUT2D eigenvalue weighted by atomic mass is 32.1. The van der Waals surface area contributed by atoms with E-state index in [1.54, 1.807) is 11.7 Å². The van der Waals surface area contributed by atoms with Crippen molar-refractivity contribution >= 4 is 17.2 Å². The lowest BCUT2D eigenvalue weighted by Gasteiger charge is -2.07. The maximum absolute atomic E-state index is 10.5. The molecule has 2 N–H and O–H groups in total. The van der Waals surface area contributed by atoms with Gasteiger partial charge in [-0.2, -0.15) is 0 Å². The second-order valence-electron chi connectivity index (χ2n) is 2.36. The Hall–Kier alpha value is -0.940. The summed E-state index contributed by atoms with van der Waals surface area (Å²) in [6, 6.07) is 0. The van der Waals surface area contributed by atoms with E-state index in [9.17, 15) is 9.90 Å². The number of thiazole rings is 1. The van der Waals surface area contributed by atoms with Crippen LogP contribution in [0, 0.1) is 0 Å². The Morgan fingerprint density at radius 2 is 2.67 bits per heavy atom. The zero-order chi connectivity index (χ0) is 8.97. The van der Waals surface area contributed by atoms with Crippen LogP contribution in [0.1, 0.15) is 17.9 Å². The highest BCUT2D eigenvalue weighted by Gasteiger charge is 2.08. The quantitative estimate of drug-likeness (QED) is 0.714. The molecule has 0 saturated heterocycles. The molecule has 1 atom stereocenters. The van der Waals surface area contributed by atoms with Gasteiger partial charge in [-0.1, -0.05) is 0 Å². The minimum absolute atomic E-state index is 0.140. The lowest BCUT2D eigenvalue weighted by atomic mass is 10.3. The van der Waals surface area contributed by atoms with E-state index in [2.05, 4.69) is 10.3 Å². The molecule has 12 heavy (non-hydrogen) atoms. The Kier molecular flexibility index (Phi) is 3.19. The van der Waals surface area contributed by atoms with Gasteiger partial charge in [0.25, 0.3) is 0 Å². The van der Waals surface area contributed by atoms with E-state index in [0.717, 1.165) is 4.88 Å². The Morgan fingerprint density at radius 3 is 3.17 bits per heavy atom. The maximum Gasteiger partial charge on any atom is 0.216 e. The van der Waals surface area contributed by atoms with E-state index < -0.39 is 6.10 Å². The topological polar surface area (TPSA) is 62.2 Å². The van der Waals surface area contributed by atoms with Crippen LogP contribution in [-0.2, 0) is 4.79 Å². The number of carbonyl (C=O) groups is 1. The molecule has 0 aliphatic heterocycles. The van der Waals surface area contributed by atoms with Crippen LogP contribution in [-0.4, -0.2) is 22.5 Å². The fourth-order valence-electron chi connectivity index (χ4n) is 0.731. The van der Waals surface area contributed by atoms with Crippen molar-refractivity contribution in [3.05, 3.63) is 16.6 Å². The highest BCUT2D eigenvalue weighted by molar-refractivity contribution is 7.09. The molecule has 0 saturated carbocycles. The summed E-state index contributed by atoms with van der Waals surface area (Å²) >= 11 is 1.37. The number of aromatic nitrogens is 1. The van der Waals surface area contributed by atoms with Crippen molar-refractivity contribution in [1.29, 1.82) is 0 Å². The van der Waals surface area contributed by atoms with Gasteiger partial charge in [-0.3, -0.25) is 9.78 Å². The minimum atomic E-state index is -0.638. The molecular formula is C7H10N2O2S. The van der Waals surface area contributed by atoms with Crippen molar-refractivity contribution in [1.82, 2.24) is 10.3 Å². The van der Waals surface area contributed by atoms with Gasteiger partial charge in [-0.25, -0.2) is 0 Å². The molecule has 0 radical (unpaired) electrons. The van der Waals surface area contributed by atoms with Crippen molar-refractivity contribution in [2.24, 2.45) is 0 Å². The van der Waals surface area contributed by atoms with Crippen LogP contribution in [0.25, 0.3) is 0 Å². The van der Waals surface area contributed by atoms with Crippen molar-refractivity contribution < 1.29 is 9.90 Å². The number of amides is 1. The number of aliphatic hydroxyl groups is 1. The Balaban J connectivity index is 2.39. The number of hydrogen-bond donors (Lipinski definition) is 2. The molecule has 66 valence electrons. The standard InChI is InChI=1S/C7H10N2O2S/c1-5(10)9-2-6(11)7-3-8-4-12-7/h3-4,6,11H,2H2,1H3,(H,9,10). The molecule has 1 heterocycles. The van der Waals surface area contributed by atoms with Crippen molar-refractivity contribution in [3.8, 4) is 0 Å². The molecular weight excluding hydrogens is 176 g/mol.